The van der Waals surface area contributed by atoms with Crippen LogP contribution in [0.3, 0.4) is 0 Å². The Labute approximate surface area is 155 Å². The summed E-state index contributed by atoms with van der Waals surface area (Å²) in [6.07, 6.45) is 5.53. The molecule has 0 spiro atoms. The van der Waals surface area contributed by atoms with Crippen molar-refractivity contribution in [2.24, 2.45) is 0 Å². The second-order valence-corrected chi connectivity index (χ2v) is 7.23. The lowest BCUT2D eigenvalue weighted by molar-refractivity contribution is -0.133. The Morgan fingerprint density at radius 3 is 2.11 bits per heavy atom. The smallest absolute Gasteiger partial charge is 0.253 e. The van der Waals surface area contributed by atoms with Crippen molar-refractivity contribution in [1.82, 2.24) is 14.8 Å². The summed E-state index contributed by atoms with van der Waals surface area (Å²) < 4.78 is 54.4. The molecule has 1 aromatic rings. The van der Waals surface area contributed by atoms with Crippen molar-refractivity contribution in [2.45, 2.75) is 38.1 Å². The number of carbonyl (C=O) groups is 1. The highest BCUT2D eigenvalue weighted by atomic mass is 19.2. The average Bonchev–Trinajstić information content (AvgIpc) is 2.68. The van der Waals surface area contributed by atoms with Gasteiger partial charge in [0, 0.05) is 39.3 Å². The predicted molar refractivity (Wildman–Crippen MR) is 92.4 cm³/mol. The van der Waals surface area contributed by atoms with Gasteiger partial charge in [0.2, 0.25) is 17.5 Å². The van der Waals surface area contributed by atoms with Gasteiger partial charge in [-0.25, -0.2) is 0 Å². The van der Waals surface area contributed by atoms with Gasteiger partial charge >= 0.3 is 0 Å². The van der Waals surface area contributed by atoms with Gasteiger partial charge in [-0.3, -0.25) is 9.69 Å². The number of piperazine rings is 1. The lowest BCUT2D eigenvalue weighted by atomic mass is 9.94. The molecule has 27 heavy (non-hydrogen) atoms. The summed E-state index contributed by atoms with van der Waals surface area (Å²) in [6, 6.07) is 0.276. The van der Waals surface area contributed by atoms with Crippen LogP contribution in [0, 0.1) is 23.5 Å². The van der Waals surface area contributed by atoms with Crippen LogP contribution >= 0.6 is 0 Å². The standard InChI is InChI=1S/C18H24F4N4O/c1-24(12-5-3-2-4-6-12)13(27)11-25-7-9-26(10-8-25)16-14(19)17(21)23-18(22)15(16)20/h12H,2-11H2,1H3. The molecule has 0 aromatic carbocycles. The van der Waals surface area contributed by atoms with E-state index < -0.39 is 29.2 Å². The molecule has 0 unspecified atom stereocenters. The molecule has 2 heterocycles. The van der Waals surface area contributed by atoms with Crippen molar-refractivity contribution >= 4 is 11.6 Å². The maximum Gasteiger partial charge on any atom is 0.253 e. The monoisotopic (exact) mass is 388 g/mol. The van der Waals surface area contributed by atoms with Crippen molar-refractivity contribution < 1.29 is 22.4 Å². The topological polar surface area (TPSA) is 39.7 Å². The van der Waals surface area contributed by atoms with E-state index in [0.717, 1.165) is 25.7 Å². The second kappa shape index (κ2) is 8.41. The summed E-state index contributed by atoms with van der Waals surface area (Å²) >= 11 is 0. The Hall–Kier alpha value is -1.90. The fourth-order valence-corrected chi connectivity index (χ4v) is 3.86. The van der Waals surface area contributed by atoms with E-state index in [9.17, 15) is 22.4 Å². The summed E-state index contributed by atoms with van der Waals surface area (Å²) in [5, 5.41) is 0. The molecule has 1 saturated carbocycles. The molecule has 1 aromatic heterocycles. The molecule has 3 rings (SSSR count). The van der Waals surface area contributed by atoms with Gasteiger partial charge in [0.1, 0.15) is 5.69 Å². The molecular formula is C18H24F4N4O. The summed E-state index contributed by atoms with van der Waals surface area (Å²) in [7, 11) is 1.82. The Kier molecular flexibility index (Phi) is 6.18. The first-order valence-electron chi connectivity index (χ1n) is 9.31. The van der Waals surface area contributed by atoms with Crippen LogP contribution in [-0.2, 0) is 4.79 Å². The van der Waals surface area contributed by atoms with E-state index in [1.807, 2.05) is 11.9 Å². The number of likely N-dealkylation sites (N-methyl/N-ethyl adjacent to an activating group) is 1. The molecule has 1 aliphatic heterocycles. The number of hydrogen-bond acceptors (Lipinski definition) is 4. The van der Waals surface area contributed by atoms with Crippen LogP contribution in [0.25, 0.3) is 0 Å². The third kappa shape index (κ3) is 4.34. The lowest BCUT2D eigenvalue weighted by Gasteiger charge is -2.37. The number of rotatable bonds is 4. The molecule has 5 nitrogen and oxygen atoms in total. The maximum absolute atomic E-state index is 13.9. The highest BCUT2D eigenvalue weighted by molar-refractivity contribution is 5.78. The quantitative estimate of drug-likeness (QED) is 0.587. The minimum atomic E-state index is -1.66. The number of amides is 1. The van der Waals surface area contributed by atoms with Gasteiger partial charge in [-0.05, 0) is 12.8 Å². The SMILES string of the molecule is CN(C(=O)CN1CCN(c2c(F)c(F)nc(F)c2F)CC1)C1CCCCC1. The van der Waals surface area contributed by atoms with Crippen molar-refractivity contribution in [1.29, 1.82) is 0 Å². The number of aromatic nitrogens is 1. The fourth-order valence-electron chi connectivity index (χ4n) is 3.86. The number of anilines is 1. The first-order chi connectivity index (χ1) is 12.9. The van der Waals surface area contributed by atoms with Crippen molar-refractivity contribution in [3.05, 3.63) is 23.5 Å². The second-order valence-electron chi connectivity index (χ2n) is 7.23. The highest BCUT2D eigenvalue weighted by Gasteiger charge is 2.29. The van der Waals surface area contributed by atoms with Crippen LogP contribution in [0.1, 0.15) is 32.1 Å². The van der Waals surface area contributed by atoms with E-state index in [1.54, 1.807) is 4.90 Å². The zero-order valence-electron chi connectivity index (χ0n) is 15.4. The van der Waals surface area contributed by atoms with Crippen LogP contribution in [0.15, 0.2) is 0 Å². The van der Waals surface area contributed by atoms with E-state index in [0.29, 0.717) is 13.1 Å². The predicted octanol–water partition coefficient (Wildman–Crippen LogP) is 2.55. The molecule has 1 amide bonds. The molecule has 150 valence electrons. The van der Waals surface area contributed by atoms with Crippen molar-refractivity contribution in [3.8, 4) is 0 Å². The number of halogens is 4. The first kappa shape index (κ1) is 19.9. The molecule has 2 fully saturated rings. The molecular weight excluding hydrogens is 364 g/mol. The average molecular weight is 388 g/mol. The lowest BCUT2D eigenvalue weighted by Crippen LogP contribution is -2.51. The molecule has 1 saturated heterocycles. The zero-order valence-corrected chi connectivity index (χ0v) is 15.4. The van der Waals surface area contributed by atoms with E-state index in [4.69, 9.17) is 0 Å². The number of pyridine rings is 1. The molecule has 0 bridgehead atoms. The Bertz CT molecular complexity index is 662. The van der Waals surface area contributed by atoms with E-state index in [1.165, 1.54) is 11.3 Å². The molecule has 9 heteroatoms. The summed E-state index contributed by atoms with van der Waals surface area (Å²) in [5.41, 5.74) is -0.731. The normalized spacial score (nSPS) is 19.4. The van der Waals surface area contributed by atoms with Gasteiger partial charge in [0.05, 0.1) is 6.54 Å². The van der Waals surface area contributed by atoms with Crippen LogP contribution in [0.5, 0.6) is 0 Å². The molecule has 0 radical (unpaired) electrons. The highest BCUT2D eigenvalue weighted by Crippen LogP contribution is 2.27. The summed E-state index contributed by atoms with van der Waals surface area (Å²) in [6.45, 7) is 1.29. The number of hydrogen-bond donors (Lipinski definition) is 0. The van der Waals surface area contributed by atoms with Crippen LogP contribution in [0.4, 0.5) is 23.2 Å². The first-order valence-corrected chi connectivity index (χ1v) is 9.31. The van der Waals surface area contributed by atoms with Gasteiger partial charge < -0.3 is 9.80 Å². The van der Waals surface area contributed by atoms with Crippen molar-refractivity contribution in [3.63, 3.8) is 0 Å². The summed E-state index contributed by atoms with van der Waals surface area (Å²) in [5.74, 6) is -6.27. The van der Waals surface area contributed by atoms with Gasteiger partial charge in [-0.1, -0.05) is 19.3 Å². The summed E-state index contributed by atoms with van der Waals surface area (Å²) in [4.78, 5) is 20.0. The molecule has 0 atom stereocenters. The molecule has 1 aliphatic carbocycles. The maximum atomic E-state index is 13.9. The van der Waals surface area contributed by atoms with Gasteiger partial charge in [-0.2, -0.15) is 22.5 Å². The zero-order chi connectivity index (χ0) is 19.6. The van der Waals surface area contributed by atoms with Gasteiger partial charge in [-0.15, -0.1) is 0 Å². The molecule has 2 aliphatic rings. The molecule has 0 N–H and O–H groups in total. The third-order valence-corrected chi connectivity index (χ3v) is 5.54. The third-order valence-electron chi connectivity index (χ3n) is 5.54. The fraction of sp³-hybridized carbons (Fsp3) is 0.667. The Balaban J connectivity index is 1.57. The largest absolute Gasteiger partial charge is 0.364 e. The van der Waals surface area contributed by atoms with E-state index >= 15 is 0 Å². The Morgan fingerprint density at radius 2 is 1.56 bits per heavy atom. The van der Waals surface area contributed by atoms with Gasteiger partial charge in [0.25, 0.3) is 11.9 Å². The van der Waals surface area contributed by atoms with Crippen molar-refractivity contribution in [2.75, 3.05) is 44.7 Å². The van der Waals surface area contributed by atoms with E-state index in [2.05, 4.69) is 4.98 Å². The number of carbonyl (C=O) groups excluding carboxylic acids is 1. The Morgan fingerprint density at radius 1 is 1.00 bits per heavy atom. The van der Waals surface area contributed by atoms with Crippen LogP contribution in [-0.4, -0.2) is 66.5 Å². The van der Waals surface area contributed by atoms with Crippen LogP contribution in [0.2, 0.25) is 0 Å². The number of nitrogens with zero attached hydrogens (tertiary/aromatic N) is 4. The van der Waals surface area contributed by atoms with E-state index in [-0.39, 0.29) is 31.6 Å². The van der Waals surface area contributed by atoms with Gasteiger partial charge in [0.15, 0.2) is 0 Å². The minimum Gasteiger partial charge on any atom is -0.364 e. The van der Waals surface area contributed by atoms with Crippen LogP contribution < -0.4 is 4.90 Å². The minimum absolute atomic E-state index is 0.0220.